The summed E-state index contributed by atoms with van der Waals surface area (Å²) in [5, 5.41) is 0. The van der Waals surface area contributed by atoms with E-state index < -0.39 is 0 Å². The lowest BCUT2D eigenvalue weighted by molar-refractivity contribution is -0.149. The fourth-order valence-corrected chi connectivity index (χ4v) is 1.30. The number of ether oxygens (including phenoxy) is 2. The molecule has 4 nitrogen and oxygen atoms in total. The SMILES string of the molecule is CC(CCOC(=O)CCS)OC(=O)CCS. The van der Waals surface area contributed by atoms with Crippen molar-refractivity contribution in [3.8, 4) is 0 Å². The molecule has 0 heterocycles. The summed E-state index contributed by atoms with van der Waals surface area (Å²) in [5.41, 5.74) is 0. The second-order valence-corrected chi connectivity index (χ2v) is 4.15. The van der Waals surface area contributed by atoms with Crippen molar-refractivity contribution < 1.29 is 19.1 Å². The first kappa shape index (κ1) is 15.6. The highest BCUT2D eigenvalue weighted by Gasteiger charge is 2.09. The number of carbonyl (C=O) groups excluding carboxylic acids is 2. The van der Waals surface area contributed by atoms with E-state index >= 15 is 0 Å². The summed E-state index contributed by atoms with van der Waals surface area (Å²) in [6, 6.07) is 0. The smallest absolute Gasteiger partial charge is 0.306 e. The molecule has 6 heteroatoms. The molecule has 0 aliphatic rings. The summed E-state index contributed by atoms with van der Waals surface area (Å²) < 4.78 is 9.94. The average molecular weight is 266 g/mol. The van der Waals surface area contributed by atoms with Crippen LogP contribution in [0.3, 0.4) is 0 Å². The van der Waals surface area contributed by atoms with Crippen molar-refractivity contribution in [2.24, 2.45) is 0 Å². The quantitative estimate of drug-likeness (QED) is 0.516. The summed E-state index contributed by atoms with van der Waals surface area (Å²) in [5.74, 6) is 0.404. The number of esters is 2. The molecule has 0 fully saturated rings. The molecule has 1 unspecified atom stereocenters. The topological polar surface area (TPSA) is 52.6 Å². The Balaban J connectivity index is 3.53. The van der Waals surface area contributed by atoms with Crippen LogP contribution in [0.5, 0.6) is 0 Å². The van der Waals surface area contributed by atoms with Crippen molar-refractivity contribution in [2.75, 3.05) is 18.1 Å². The van der Waals surface area contributed by atoms with E-state index in [0.717, 1.165) is 0 Å². The Morgan fingerprint density at radius 2 is 1.69 bits per heavy atom. The van der Waals surface area contributed by atoms with E-state index in [1.165, 1.54) is 0 Å². The number of rotatable bonds is 8. The number of carbonyl (C=O) groups is 2. The van der Waals surface area contributed by atoms with Crippen molar-refractivity contribution in [1.29, 1.82) is 0 Å². The van der Waals surface area contributed by atoms with Gasteiger partial charge in [0, 0.05) is 17.9 Å². The van der Waals surface area contributed by atoms with Crippen molar-refractivity contribution in [1.82, 2.24) is 0 Å². The molecule has 0 aliphatic heterocycles. The maximum Gasteiger partial charge on any atom is 0.306 e. The maximum atomic E-state index is 11.1. The van der Waals surface area contributed by atoms with Gasteiger partial charge in [0.05, 0.1) is 19.4 Å². The average Bonchev–Trinajstić information content (AvgIpc) is 2.18. The van der Waals surface area contributed by atoms with Crippen LogP contribution in [-0.2, 0) is 19.1 Å². The highest BCUT2D eigenvalue weighted by atomic mass is 32.1. The molecular formula is C10H18O4S2. The van der Waals surface area contributed by atoms with Crippen LogP contribution < -0.4 is 0 Å². The fraction of sp³-hybridized carbons (Fsp3) is 0.800. The minimum Gasteiger partial charge on any atom is -0.466 e. The van der Waals surface area contributed by atoms with Crippen LogP contribution >= 0.6 is 25.3 Å². The summed E-state index contributed by atoms with van der Waals surface area (Å²) in [4.78, 5) is 22.0. The zero-order chi connectivity index (χ0) is 12.4. The normalized spacial score (nSPS) is 11.9. The van der Waals surface area contributed by atoms with Gasteiger partial charge in [-0.1, -0.05) is 0 Å². The predicted molar refractivity (Wildman–Crippen MR) is 68.1 cm³/mol. The van der Waals surface area contributed by atoms with Gasteiger partial charge in [-0.05, 0) is 6.92 Å². The van der Waals surface area contributed by atoms with E-state index in [9.17, 15) is 9.59 Å². The predicted octanol–water partition coefficient (Wildman–Crippen LogP) is 1.49. The van der Waals surface area contributed by atoms with Crippen molar-refractivity contribution in [3.63, 3.8) is 0 Å². The third-order valence-corrected chi connectivity index (χ3v) is 2.20. The van der Waals surface area contributed by atoms with E-state index in [1.807, 2.05) is 0 Å². The third-order valence-electron chi connectivity index (χ3n) is 1.75. The monoisotopic (exact) mass is 266 g/mol. The second kappa shape index (κ2) is 9.84. The standard InChI is InChI=1S/C10H18O4S2/c1-8(14-10(12)4-7-16)2-5-13-9(11)3-6-15/h8,15-16H,2-7H2,1H3. The van der Waals surface area contributed by atoms with Crippen molar-refractivity contribution >= 4 is 37.2 Å². The Morgan fingerprint density at radius 3 is 2.25 bits per heavy atom. The van der Waals surface area contributed by atoms with E-state index in [1.54, 1.807) is 6.92 Å². The van der Waals surface area contributed by atoms with Gasteiger partial charge in [0.15, 0.2) is 0 Å². The van der Waals surface area contributed by atoms with Gasteiger partial charge in [-0.2, -0.15) is 25.3 Å². The molecule has 1 atom stereocenters. The van der Waals surface area contributed by atoms with Crippen molar-refractivity contribution in [2.45, 2.75) is 32.3 Å². The van der Waals surface area contributed by atoms with Crippen LogP contribution in [0.2, 0.25) is 0 Å². The summed E-state index contributed by atoms with van der Waals surface area (Å²) in [7, 11) is 0. The second-order valence-electron chi connectivity index (χ2n) is 3.26. The molecule has 94 valence electrons. The lowest BCUT2D eigenvalue weighted by Gasteiger charge is -2.12. The van der Waals surface area contributed by atoms with Gasteiger partial charge >= 0.3 is 11.9 Å². The van der Waals surface area contributed by atoms with Gasteiger partial charge in [-0.15, -0.1) is 0 Å². The maximum absolute atomic E-state index is 11.1. The summed E-state index contributed by atoms with van der Waals surface area (Å²) in [6.07, 6.45) is 0.872. The highest BCUT2D eigenvalue weighted by molar-refractivity contribution is 7.80. The molecule has 0 saturated carbocycles. The van der Waals surface area contributed by atoms with Gasteiger partial charge in [-0.3, -0.25) is 9.59 Å². The molecule has 0 aromatic heterocycles. The first-order chi connectivity index (χ1) is 7.60. The van der Waals surface area contributed by atoms with Crippen LogP contribution in [0.15, 0.2) is 0 Å². The lowest BCUT2D eigenvalue weighted by Crippen LogP contribution is -2.18. The molecule has 0 aliphatic carbocycles. The van der Waals surface area contributed by atoms with E-state index in [4.69, 9.17) is 9.47 Å². The zero-order valence-corrected chi connectivity index (χ0v) is 11.1. The van der Waals surface area contributed by atoms with E-state index in [-0.39, 0.29) is 24.6 Å². The molecule has 0 saturated heterocycles. The third kappa shape index (κ3) is 8.91. The minimum absolute atomic E-state index is 0.240. The Bertz CT molecular complexity index is 221. The first-order valence-corrected chi connectivity index (χ1v) is 6.43. The van der Waals surface area contributed by atoms with Gasteiger partial charge in [-0.25, -0.2) is 0 Å². The molecule has 16 heavy (non-hydrogen) atoms. The van der Waals surface area contributed by atoms with E-state index in [2.05, 4.69) is 25.3 Å². The number of hydrogen-bond donors (Lipinski definition) is 2. The van der Waals surface area contributed by atoms with Crippen LogP contribution in [0.1, 0.15) is 26.2 Å². The fourth-order valence-electron chi connectivity index (χ4n) is 0.936. The Labute approximate surface area is 107 Å². The molecule has 0 radical (unpaired) electrons. The summed E-state index contributed by atoms with van der Waals surface area (Å²) in [6.45, 7) is 2.03. The lowest BCUT2D eigenvalue weighted by atomic mass is 10.3. The van der Waals surface area contributed by atoms with Crippen LogP contribution in [0, 0.1) is 0 Å². The molecule has 0 aromatic rings. The zero-order valence-electron chi connectivity index (χ0n) is 9.35. The van der Waals surface area contributed by atoms with Crippen molar-refractivity contribution in [3.05, 3.63) is 0 Å². The Kier molecular flexibility index (Phi) is 9.62. The van der Waals surface area contributed by atoms with E-state index in [0.29, 0.717) is 30.8 Å². The highest BCUT2D eigenvalue weighted by Crippen LogP contribution is 2.02. The Morgan fingerprint density at radius 1 is 1.12 bits per heavy atom. The van der Waals surface area contributed by atoms with Gasteiger partial charge < -0.3 is 9.47 Å². The molecule has 0 spiro atoms. The minimum atomic E-state index is -0.274. The first-order valence-electron chi connectivity index (χ1n) is 5.17. The Hall–Kier alpha value is -0.360. The number of thiol groups is 2. The van der Waals surface area contributed by atoms with Crippen LogP contribution in [0.25, 0.3) is 0 Å². The molecule has 0 bridgehead atoms. The molecule has 0 aromatic carbocycles. The molecule has 0 N–H and O–H groups in total. The van der Waals surface area contributed by atoms with Crippen LogP contribution in [-0.4, -0.2) is 36.2 Å². The largest absolute Gasteiger partial charge is 0.466 e. The molecule has 0 rings (SSSR count). The molecule has 0 amide bonds. The van der Waals surface area contributed by atoms with Gasteiger partial charge in [0.25, 0.3) is 0 Å². The summed E-state index contributed by atoms with van der Waals surface area (Å²) >= 11 is 7.84. The van der Waals surface area contributed by atoms with Gasteiger partial charge in [0.1, 0.15) is 6.10 Å². The van der Waals surface area contributed by atoms with Crippen LogP contribution in [0.4, 0.5) is 0 Å². The number of hydrogen-bond acceptors (Lipinski definition) is 6. The molecular weight excluding hydrogens is 248 g/mol. The van der Waals surface area contributed by atoms with Gasteiger partial charge in [0.2, 0.25) is 0 Å².